The highest BCUT2D eigenvalue weighted by Crippen LogP contribution is 2.35. The third-order valence-electron chi connectivity index (χ3n) is 18.8. The summed E-state index contributed by atoms with van der Waals surface area (Å²) in [6, 6.07) is 76.7. The highest BCUT2D eigenvalue weighted by Gasteiger charge is 2.29. The van der Waals surface area contributed by atoms with Crippen molar-refractivity contribution in [1.29, 1.82) is 15.8 Å². The Morgan fingerprint density at radius 1 is 0.294 bits per heavy atom. The highest BCUT2D eigenvalue weighted by atomic mass is 19.2. The predicted octanol–water partition coefficient (Wildman–Crippen LogP) is 28.6. The fourth-order valence-corrected chi connectivity index (χ4v) is 11.2. The molecule has 1 saturated heterocycles. The molecule has 1 heterocycles. The topological polar surface area (TPSA) is 142 Å². The van der Waals surface area contributed by atoms with Crippen LogP contribution < -0.4 is 38.1 Å². The molecule has 1 aliphatic rings. The Morgan fingerprint density at radius 3 is 1.02 bits per heavy atom. The van der Waals surface area contributed by atoms with Crippen LogP contribution in [0.3, 0.4) is 0 Å². The molecule has 12 nitrogen and oxygen atoms in total. The number of piperazine rings is 1. The Balaban J connectivity index is 0.000000367. The minimum atomic E-state index is -2.19. The lowest BCUT2D eigenvalue weighted by atomic mass is 9.84. The van der Waals surface area contributed by atoms with E-state index in [1.54, 1.807) is 54.2 Å². The van der Waals surface area contributed by atoms with E-state index in [1.165, 1.54) is 44.3 Å². The van der Waals surface area contributed by atoms with Gasteiger partial charge in [0.2, 0.25) is 29.1 Å². The van der Waals surface area contributed by atoms with E-state index >= 15 is 0 Å². The van der Waals surface area contributed by atoms with E-state index in [1.807, 2.05) is 115 Å². The SMILES string of the molecule is CC(C)(C)COc1c(F)c(F)c(F)c(F)c1F.CC(C)(C)COc1ccc(C#N)cc1.CC(C)(C)COc1ccccc1.CC(C)(C)c1ccc(C#N)cc1.CC(C)(C)c1cccc(C#N)c1.CC(C)(C)c1cccc2ccccc12.CN1CCN(c2ccc(OCC(C)(C)C)cc2)CC1.COc1cc(OC)cc(C(C)(C)C)c1.COc1ccc(C(C)(C)C)cc1. The number of ether oxygens (including phenoxy) is 7. The Kier molecular flexibility index (Phi) is 43.1. The van der Waals surface area contributed by atoms with Crippen LogP contribution in [0.4, 0.5) is 27.6 Å². The summed E-state index contributed by atoms with van der Waals surface area (Å²) < 4.78 is 102. The Hall–Kier alpha value is -11.1. The molecule has 1 fully saturated rings. The van der Waals surface area contributed by atoms with Crippen LogP contribution in [0.15, 0.2) is 212 Å². The molecule has 11 rings (SSSR count). The molecule has 10 aromatic carbocycles. The van der Waals surface area contributed by atoms with Gasteiger partial charge in [-0.05, 0) is 204 Å². The molecule has 0 bridgehead atoms. The Morgan fingerprint density at radius 2 is 0.635 bits per heavy atom. The summed E-state index contributed by atoms with van der Waals surface area (Å²) in [7, 11) is 7.20. The van der Waals surface area contributed by atoms with Crippen molar-refractivity contribution in [2.45, 2.75) is 214 Å². The van der Waals surface area contributed by atoms with Gasteiger partial charge in [-0.2, -0.15) is 24.6 Å². The van der Waals surface area contributed by atoms with Crippen LogP contribution in [-0.2, 0) is 27.1 Å². The molecule has 0 amide bonds. The monoisotopic (exact) mass is 1730 g/mol. The number of likely N-dealkylation sites (N-methyl/N-ethyl adjacent to an activating group) is 1. The van der Waals surface area contributed by atoms with Crippen molar-refractivity contribution < 1.29 is 55.1 Å². The molecule has 0 atom stereocenters. The molecule has 126 heavy (non-hydrogen) atoms. The second-order valence-electron chi connectivity index (χ2n) is 41.0. The first kappa shape index (κ1) is 109. The third-order valence-corrected chi connectivity index (χ3v) is 18.8. The summed E-state index contributed by atoms with van der Waals surface area (Å²) in [5, 5.41) is 28.6. The van der Waals surface area contributed by atoms with Crippen LogP contribution in [0.2, 0.25) is 0 Å². The van der Waals surface area contributed by atoms with Gasteiger partial charge in [0.05, 0.1) is 82.7 Å². The molecule has 1 aliphatic heterocycles. The minimum absolute atomic E-state index is 0.113. The number of nitrogens with zero attached hydrogens (tertiary/aromatic N) is 5. The van der Waals surface area contributed by atoms with Crippen LogP contribution in [-0.4, -0.2) is 85.9 Å². The summed E-state index contributed by atoms with van der Waals surface area (Å²) in [6.45, 7) is 63.8. The molecule has 0 aliphatic carbocycles. The van der Waals surface area contributed by atoms with Gasteiger partial charge in [0.15, 0.2) is 5.75 Å². The number of hydrogen-bond acceptors (Lipinski definition) is 12. The first-order valence-corrected chi connectivity index (χ1v) is 42.8. The van der Waals surface area contributed by atoms with Crippen LogP contribution in [0.5, 0.6) is 40.2 Å². The molecule has 17 heteroatoms. The maximum absolute atomic E-state index is 13.1. The van der Waals surface area contributed by atoms with Crippen molar-refractivity contribution >= 4 is 16.5 Å². The zero-order chi connectivity index (χ0) is 95.4. The van der Waals surface area contributed by atoms with Crippen molar-refractivity contribution in [3.05, 3.63) is 286 Å². The lowest BCUT2D eigenvalue weighted by Crippen LogP contribution is -2.44. The van der Waals surface area contributed by atoms with Gasteiger partial charge in [-0.25, -0.2) is 13.2 Å². The smallest absolute Gasteiger partial charge is 0.206 e. The van der Waals surface area contributed by atoms with Crippen LogP contribution in [0.25, 0.3) is 10.8 Å². The average Bonchev–Trinajstić information content (AvgIpc) is 0.796. The van der Waals surface area contributed by atoms with Crippen LogP contribution in [0, 0.1) is 84.7 Å². The first-order valence-electron chi connectivity index (χ1n) is 42.8. The summed E-state index contributed by atoms with van der Waals surface area (Å²) in [4.78, 5) is 4.81. The standard InChI is InChI=1S/C16H26N2O.C14H16.C12H15NO.C12H18O2.C11H11F5O.2C11H13N.2C11H16O/c1-16(2,3)13-19-15-7-5-14(6-8-15)18-11-9-17(4)10-12-18;1-14(2,3)13-10-6-8-11-7-4-5-9-12(11)13;1-12(2,3)9-14-11-6-4-10(8-13)5-7-11;1-12(2,3)9-6-10(13-4)8-11(7-9)14-5;1-11(2,3)4-17-10-8(15)6(13)5(12)7(14)9(10)16;1-11(2,3)10-6-4-9(8-12)5-7-10;1-11(2,3)10-6-4-5-9(7-10)8-12;1-11(2,3)9-5-7-10(12-4)8-6-9;1-11(2,3)9-12-10-7-5-4-6-8-10/h5-8H,9-13H2,1-4H3;4-10H,1-3H3;4-7H,9H2,1-3H3;6-8H,1-5H3;4H2,1-3H3;2*4-7H,1-3H3;5-8H,1-4H3;4-8H,9H2,1-3H3. The van der Waals surface area contributed by atoms with E-state index < -0.39 is 40.3 Å². The fraction of sp³-hybridized carbons (Fsp3) is 0.440. The van der Waals surface area contributed by atoms with Gasteiger partial charge >= 0.3 is 0 Å². The third kappa shape index (κ3) is 41.8. The Labute approximate surface area is 754 Å². The second kappa shape index (κ2) is 49.7. The first-order chi connectivity index (χ1) is 58.3. The molecular weight excluding hydrogens is 1590 g/mol. The summed E-state index contributed by atoms with van der Waals surface area (Å²) in [5.74, 6) is -6.01. The summed E-state index contributed by atoms with van der Waals surface area (Å²) in [6.07, 6.45) is 0. The number of methoxy groups -OCH3 is 3. The molecule has 0 aromatic heterocycles. The van der Waals surface area contributed by atoms with Gasteiger partial charge in [0, 0.05) is 37.9 Å². The van der Waals surface area contributed by atoms with Crippen molar-refractivity contribution in [2.75, 3.05) is 85.9 Å². The van der Waals surface area contributed by atoms with E-state index in [-0.39, 0.29) is 49.9 Å². The summed E-state index contributed by atoms with van der Waals surface area (Å²) >= 11 is 0. The average molecular weight is 1730 g/mol. The molecule has 682 valence electrons. The van der Waals surface area contributed by atoms with E-state index in [0.29, 0.717) is 12.2 Å². The number of nitriles is 3. The molecule has 0 radical (unpaired) electrons. The number of rotatable bonds is 12. The number of halogens is 5. The number of benzene rings is 10. The molecule has 0 N–H and O–H groups in total. The number of anilines is 1. The number of para-hydroxylation sites is 1. The van der Waals surface area contributed by atoms with E-state index in [2.05, 4.69) is 291 Å². The van der Waals surface area contributed by atoms with E-state index in [9.17, 15) is 22.0 Å². The largest absolute Gasteiger partial charge is 0.497 e. The van der Waals surface area contributed by atoms with Gasteiger partial charge in [-0.1, -0.05) is 284 Å². The maximum Gasteiger partial charge on any atom is 0.206 e. The van der Waals surface area contributed by atoms with Crippen molar-refractivity contribution in [3.63, 3.8) is 0 Å². The van der Waals surface area contributed by atoms with E-state index in [0.717, 1.165) is 85.0 Å². The molecule has 0 saturated carbocycles. The van der Waals surface area contributed by atoms with Crippen LogP contribution >= 0.6 is 0 Å². The van der Waals surface area contributed by atoms with Gasteiger partial charge < -0.3 is 43.0 Å². The zero-order valence-electron chi connectivity index (χ0n) is 81.3. The van der Waals surface area contributed by atoms with Gasteiger partial charge in [-0.3, -0.25) is 0 Å². The van der Waals surface area contributed by atoms with Gasteiger partial charge in [0.25, 0.3) is 0 Å². The van der Waals surface area contributed by atoms with E-state index in [4.69, 9.17) is 44.2 Å². The minimum Gasteiger partial charge on any atom is -0.497 e. The lowest BCUT2D eigenvalue weighted by molar-refractivity contribution is 0.177. The predicted molar refractivity (Wildman–Crippen MR) is 512 cm³/mol. The van der Waals surface area contributed by atoms with Crippen molar-refractivity contribution in [2.24, 2.45) is 21.7 Å². The molecule has 0 spiro atoms. The fourth-order valence-electron chi connectivity index (χ4n) is 11.2. The van der Waals surface area contributed by atoms with Crippen LogP contribution in [0.1, 0.15) is 231 Å². The Bertz CT molecular complexity index is 4950. The second-order valence-corrected chi connectivity index (χ2v) is 41.0. The van der Waals surface area contributed by atoms with Crippen molar-refractivity contribution in [3.8, 4) is 58.5 Å². The lowest BCUT2D eigenvalue weighted by Gasteiger charge is -2.34. The highest BCUT2D eigenvalue weighted by molar-refractivity contribution is 5.86. The normalized spacial score (nSPS) is 12.2. The van der Waals surface area contributed by atoms with Crippen molar-refractivity contribution in [1.82, 2.24) is 4.90 Å². The summed E-state index contributed by atoms with van der Waals surface area (Å²) in [5.41, 5.74) is 10.9. The quantitative estimate of drug-likeness (QED) is 0.0653. The molecule has 0 unspecified atom stereocenters. The number of hydrogen-bond donors (Lipinski definition) is 0. The zero-order valence-corrected chi connectivity index (χ0v) is 81.3. The van der Waals surface area contributed by atoms with Gasteiger partial charge in [0.1, 0.15) is 34.5 Å². The number of fused-ring (bicyclic) bond motifs is 1. The molecule has 10 aromatic rings. The molecular formula is C109H144F5N5O7. The van der Waals surface area contributed by atoms with Gasteiger partial charge in [-0.15, -0.1) is 0 Å². The maximum atomic E-state index is 13.1.